The lowest BCUT2D eigenvalue weighted by molar-refractivity contribution is -0.146. The van der Waals surface area contributed by atoms with Crippen molar-refractivity contribution < 1.29 is 19.1 Å². The van der Waals surface area contributed by atoms with Crippen LogP contribution in [0, 0.1) is 5.92 Å². The maximum absolute atomic E-state index is 12.6. The molecular formula is C16H16N2O4S. The van der Waals surface area contributed by atoms with Crippen LogP contribution in [0.2, 0.25) is 0 Å². The molecule has 0 bridgehead atoms. The van der Waals surface area contributed by atoms with E-state index in [1.165, 1.54) is 16.8 Å². The fourth-order valence-corrected chi connectivity index (χ4v) is 2.94. The van der Waals surface area contributed by atoms with Crippen LogP contribution >= 0.6 is 11.3 Å². The number of nitrogens with two attached hydrogens (primary N) is 1. The van der Waals surface area contributed by atoms with Crippen molar-refractivity contribution in [3.63, 3.8) is 0 Å². The standard InChI is InChI=1S/C16H16N2O4S/c1-2-22-16(21)11(14(19)10-6-4-3-5-7-10)8-12-13(15(17)20)18-9-23-12/h3-7,9,11H,2,8H2,1H3,(H2,17,20). The predicted molar refractivity (Wildman–Crippen MR) is 85.2 cm³/mol. The minimum atomic E-state index is -1.03. The van der Waals surface area contributed by atoms with Gasteiger partial charge in [-0.15, -0.1) is 11.3 Å². The van der Waals surface area contributed by atoms with Gasteiger partial charge in [-0.3, -0.25) is 14.4 Å². The van der Waals surface area contributed by atoms with E-state index in [0.29, 0.717) is 10.4 Å². The second-order valence-electron chi connectivity index (χ2n) is 4.73. The number of ketones is 1. The summed E-state index contributed by atoms with van der Waals surface area (Å²) in [6.45, 7) is 1.84. The smallest absolute Gasteiger partial charge is 0.317 e. The zero-order valence-electron chi connectivity index (χ0n) is 12.5. The molecule has 0 aliphatic carbocycles. The van der Waals surface area contributed by atoms with Gasteiger partial charge in [0, 0.05) is 16.9 Å². The molecule has 0 spiro atoms. The van der Waals surface area contributed by atoms with Gasteiger partial charge in [0.05, 0.1) is 12.1 Å². The van der Waals surface area contributed by atoms with Gasteiger partial charge >= 0.3 is 5.97 Å². The molecule has 2 aromatic rings. The first-order valence-corrected chi connectivity index (χ1v) is 7.90. The molecule has 2 N–H and O–H groups in total. The molecular weight excluding hydrogens is 316 g/mol. The molecule has 1 heterocycles. The minimum absolute atomic E-state index is 0.0372. The number of Topliss-reactive ketones (excluding diaryl/α,β-unsaturated/α-hetero) is 1. The number of hydrogen-bond acceptors (Lipinski definition) is 6. The van der Waals surface area contributed by atoms with Crippen molar-refractivity contribution in [2.75, 3.05) is 6.61 Å². The van der Waals surface area contributed by atoms with Crippen LogP contribution in [0.25, 0.3) is 0 Å². The molecule has 1 atom stereocenters. The zero-order valence-corrected chi connectivity index (χ0v) is 13.3. The first-order chi connectivity index (χ1) is 11.0. The van der Waals surface area contributed by atoms with Gasteiger partial charge in [-0.1, -0.05) is 30.3 Å². The number of primary amides is 1. The number of ether oxygens (including phenoxy) is 1. The topological polar surface area (TPSA) is 99.3 Å². The van der Waals surface area contributed by atoms with Crippen LogP contribution in [-0.2, 0) is 16.0 Å². The normalized spacial score (nSPS) is 11.7. The van der Waals surface area contributed by atoms with E-state index in [2.05, 4.69) is 4.98 Å². The van der Waals surface area contributed by atoms with Crippen LogP contribution in [0.15, 0.2) is 35.8 Å². The van der Waals surface area contributed by atoms with Gasteiger partial charge in [-0.25, -0.2) is 4.98 Å². The number of hydrogen-bond donors (Lipinski definition) is 1. The maximum atomic E-state index is 12.6. The Morgan fingerprint density at radius 3 is 2.57 bits per heavy atom. The van der Waals surface area contributed by atoms with Gasteiger partial charge in [0.15, 0.2) is 5.78 Å². The van der Waals surface area contributed by atoms with Crippen molar-refractivity contribution in [3.05, 3.63) is 52.0 Å². The highest BCUT2D eigenvalue weighted by Crippen LogP contribution is 2.22. The van der Waals surface area contributed by atoms with E-state index < -0.39 is 17.8 Å². The quantitative estimate of drug-likeness (QED) is 0.474. The number of carbonyl (C=O) groups excluding carboxylic acids is 3. The third-order valence-electron chi connectivity index (χ3n) is 3.21. The van der Waals surface area contributed by atoms with Crippen LogP contribution in [0.1, 0.15) is 32.6 Å². The molecule has 1 amide bonds. The van der Waals surface area contributed by atoms with E-state index in [1.807, 2.05) is 0 Å². The SMILES string of the molecule is CCOC(=O)C(Cc1scnc1C(N)=O)C(=O)c1ccccc1. The molecule has 0 saturated heterocycles. The lowest BCUT2D eigenvalue weighted by Gasteiger charge is -2.14. The van der Waals surface area contributed by atoms with Crippen LogP contribution in [0.3, 0.4) is 0 Å². The predicted octanol–water partition coefficient (Wildman–Crippen LogP) is 1.85. The molecule has 120 valence electrons. The first-order valence-electron chi connectivity index (χ1n) is 7.02. The molecule has 1 unspecified atom stereocenters. The highest BCUT2D eigenvalue weighted by molar-refractivity contribution is 7.10. The molecule has 1 aromatic heterocycles. The second-order valence-corrected chi connectivity index (χ2v) is 5.67. The Labute approximate surface area is 137 Å². The second kappa shape index (κ2) is 7.64. The van der Waals surface area contributed by atoms with E-state index in [4.69, 9.17) is 10.5 Å². The molecule has 0 aliphatic heterocycles. The number of amides is 1. The lowest BCUT2D eigenvalue weighted by atomic mass is 9.93. The Bertz CT molecular complexity index is 712. The van der Waals surface area contributed by atoms with Gasteiger partial charge in [0.2, 0.25) is 0 Å². The summed E-state index contributed by atoms with van der Waals surface area (Å²) in [7, 11) is 0. The molecule has 7 heteroatoms. The average molecular weight is 332 g/mol. The fraction of sp³-hybridized carbons (Fsp3) is 0.250. The van der Waals surface area contributed by atoms with Gasteiger partial charge in [0.25, 0.3) is 5.91 Å². The molecule has 6 nitrogen and oxygen atoms in total. The number of aromatic nitrogens is 1. The van der Waals surface area contributed by atoms with Crippen LogP contribution in [-0.4, -0.2) is 29.3 Å². The van der Waals surface area contributed by atoms with Crippen LogP contribution in [0.4, 0.5) is 0 Å². The van der Waals surface area contributed by atoms with Crippen LogP contribution < -0.4 is 5.73 Å². The minimum Gasteiger partial charge on any atom is -0.465 e. The van der Waals surface area contributed by atoms with E-state index in [-0.39, 0.29) is 24.5 Å². The summed E-state index contributed by atoms with van der Waals surface area (Å²) in [5.74, 6) is -2.69. The molecule has 1 aromatic carbocycles. The van der Waals surface area contributed by atoms with Crippen molar-refractivity contribution >= 4 is 29.0 Å². The molecule has 2 rings (SSSR count). The largest absolute Gasteiger partial charge is 0.465 e. The van der Waals surface area contributed by atoms with Crippen molar-refractivity contribution in [1.82, 2.24) is 4.98 Å². The zero-order chi connectivity index (χ0) is 16.8. The third-order valence-corrected chi connectivity index (χ3v) is 4.07. The van der Waals surface area contributed by atoms with Crippen molar-refractivity contribution in [1.29, 1.82) is 0 Å². The number of esters is 1. The van der Waals surface area contributed by atoms with Crippen molar-refractivity contribution in [2.24, 2.45) is 11.7 Å². The van der Waals surface area contributed by atoms with Gasteiger partial charge < -0.3 is 10.5 Å². The van der Waals surface area contributed by atoms with Crippen molar-refractivity contribution in [2.45, 2.75) is 13.3 Å². The van der Waals surface area contributed by atoms with Gasteiger partial charge in [-0.05, 0) is 6.92 Å². The Hall–Kier alpha value is -2.54. The maximum Gasteiger partial charge on any atom is 0.317 e. The van der Waals surface area contributed by atoms with Gasteiger partial charge in [-0.2, -0.15) is 0 Å². The van der Waals surface area contributed by atoms with E-state index in [0.717, 1.165) is 0 Å². The summed E-state index contributed by atoms with van der Waals surface area (Å²) in [5, 5.41) is 0. The molecule has 0 fully saturated rings. The Morgan fingerprint density at radius 1 is 1.26 bits per heavy atom. The summed E-state index contributed by atoms with van der Waals surface area (Å²) in [6.07, 6.45) is 0.0372. The Morgan fingerprint density at radius 2 is 1.96 bits per heavy atom. The summed E-state index contributed by atoms with van der Waals surface area (Å²) in [5.41, 5.74) is 7.22. The lowest BCUT2D eigenvalue weighted by Crippen LogP contribution is -2.29. The highest BCUT2D eigenvalue weighted by Gasteiger charge is 2.31. The van der Waals surface area contributed by atoms with Crippen molar-refractivity contribution in [3.8, 4) is 0 Å². The van der Waals surface area contributed by atoms with E-state index >= 15 is 0 Å². The first kappa shape index (κ1) is 16.8. The molecule has 0 aliphatic rings. The molecule has 0 radical (unpaired) electrons. The number of thiazole rings is 1. The summed E-state index contributed by atoms with van der Waals surface area (Å²) >= 11 is 1.18. The average Bonchev–Trinajstić information content (AvgIpc) is 3.01. The monoisotopic (exact) mass is 332 g/mol. The Balaban J connectivity index is 2.31. The number of nitrogens with zero attached hydrogens (tertiary/aromatic N) is 1. The number of benzene rings is 1. The molecule has 23 heavy (non-hydrogen) atoms. The van der Waals surface area contributed by atoms with Crippen LogP contribution in [0.5, 0.6) is 0 Å². The summed E-state index contributed by atoms with van der Waals surface area (Å²) < 4.78 is 5.00. The molecule has 0 saturated carbocycles. The van der Waals surface area contributed by atoms with Gasteiger partial charge in [0.1, 0.15) is 11.6 Å². The number of carbonyl (C=O) groups is 3. The summed E-state index contributed by atoms with van der Waals surface area (Å²) in [6, 6.07) is 8.49. The van der Waals surface area contributed by atoms with E-state index in [1.54, 1.807) is 37.3 Å². The number of rotatable bonds is 7. The van der Waals surface area contributed by atoms with E-state index in [9.17, 15) is 14.4 Å². The summed E-state index contributed by atoms with van der Waals surface area (Å²) in [4.78, 5) is 40.6. The third kappa shape index (κ3) is 4.01. The fourth-order valence-electron chi connectivity index (χ4n) is 2.13. The highest BCUT2D eigenvalue weighted by atomic mass is 32.1. The Kier molecular flexibility index (Phi) is 5.59.